The Hall–Kier alpha value is 1.02. The maximum absolute atomic E-state index is 9.81. The van der Waals surface area contributed by atoms with E-state index in [0.29, 0.717) is 23.2 Å². The Labute approximate surface area is 228 Å². The van der Waals surface area contributed by atoms with E-state index in [1.54, 1.807) is 0 Å². The number of aliphatic hydroxyl groups is 1. The van der Waals surface area contributed by atoms with Crippen LogP contribution >= 0.6 is 0 Å². The van der Waals surface area contributed by atoms with Gasteiger partial charge in [-0.25, -0.2) is 0 Å². The van der Waals surface area contributed by atoms with Gasteiger partial charge in [-0.05, 0) is 40.9 Å². The van der Waals surface area contributed by atoms with Gasteiger partial charge in [0.05, 0.1) is 6.10 Å². The maximum Gasteiger partial charge on any atom is 0.157 e. The summed E-state index contributed by atoms with van der Waals surface area (Å²) < 4.78 is 5.71. The molecule has 1 heterocycles. The summed E-state index contributed by atoms with van der Waals surface area (Å²) in [6.45, 7) is 34.0. The van der Waals surface area contributed by atoms with Crippen molar-refractivity contribution in [2.45, 2.75) is 128 Å². The number of ether oxygens (including phenoxy) is 1. The summed E-state index contributed by atoms with van der Waals surface area (Å²) >= 11 is 0. The first kappa shape index (κ1) is 35.2. The molecule has 1 rings (SSSR count). The van der Waals surface area contributed by atoms with Gasteiger partial charge in [0.25, 0.3) is 0 Å². The van der Waals surface area contributed by atoms with Crippen LogP contribution in [-0.4, -0.2) is 17.5 Å². The van der Waals surface area contributed by atoms with Gasteiger partial charge in [-0.15, -0.1) is 0 Å². The minimum absolute atomic E-state index is 0. The Balaban J connectivity index is 0. The molecule has 1 fully saturated rings. The number of hydrogen-bond donors (Lipinski definition) is 1. The summed E-state index contributed by atoms with van der Waals surface area (Å²) in [5.74, 6) is 4.27. The summed E-state index contributed by atoms with van der Waals surface area (Å²) in [6.07, 6.45) is 4.53. The molecule has 0 aromatic carbocycles. The smallest absolute Gasteiger partial charge is 0.157 e. The van der Waals surface area contributed by atoms with E-state index >= 15 is 0 Å². The third kappa shape index (κ3) is 13.2. The summed E-state index contributed by atoms with van der Waals surface area (Å²) in [7, 11) is 0. The molecule has 1 aliphatic rings. The van der Waals surface area contributed by atoms with Gasteiger partial charge in [-0.3, -0.25) is 0 Å². The molecule has 1 radical (unpaired) electrons. The van der Waals surface area contributed by atoms with Crippen LogP contribution in [0.2, 0.25) is 0 Å². The molecule has 0 amide bonds. The summed E-state index contributed by atoms with van der Waals surface area (Å²) in [4.78, 5) is 0. The van der Waals surface area contributed by atoms with Crippen LogP contribution in [0.15, 0.2) is 0 Å². The second kappa shape index (κ2) is 15.2. The van der Waals surface area contributed by atoms with Gasteiger partial charge in [-0.1, -0.05) is 115 Å². The summed E-state index contributed by atoms with van der Waals surface area (Å²) in [5.41, 5.74) is 0.674. The minimum atomic E-state index is -0.580. The zero-order chi connectivity index (χ0) is 24.7. The van der Waals surface area contributed by atoms with Gasteiger partial charge >= 0.3 is 0 Å². The van der Waals surface area contributed by atoms with E-state index < -0.39 is 6.29 Å². The molecule has 32 heavy (non-hydrogen) atoms. The molecule has 0 aromatic heterocycles. The molecule has 4 unspecified atom stereocenters. The molecule has 0 saturated carbocycles. The Bertz CT molecular complexity index is 479. The molecule has 9 atom stereocenters. The first-order valence-electron chi connectivity index (χ1n) is 13.1. The van der Waals surface area contributed by atoms with Gasteiger partial charge in [0.15, 0.2) is 6.29 Å². The van der Waals surface area contributed by atoms with Crippen molar-refractivity contribution < 1.29 is 42.6 Å². The van der Waals surface area contributed by atoms with Gasteiger partial charge in [0.1, 0.15) is 0 Å². The molecule has 0 aliphatic carbocycles. The SMILES string of the molecule is CC1[C@@H](C)[C@H](C)C(CC(C)(C)C)O[C@@H]1O.[CH2-]C(CC(C)(C)C)[C@@H](C)[C@H](C)C(C)CCC.[Y]. The Morgan fingerprint density at radius 2 is 1.34 bits per heavy atom. The van der Waals surface area contributed by atoms with Crippen LogP contribution in [0.3, 0.4) is 0 Å². The fraction of sp³-hybridized carbons (Fsp3) is 0.966. The number of aliphatic hydroxyl groups excluding tert-OH is 1. The van der Waals surface area contributed by atoms with Crippen LogP contribution in [0.5, 0.6) is 0 Å². The Morgan fingerprint density at radius 3 is 1.75 bits per heavy atom. The third-order valence-corrected chi connectivity index (χ3v) is 7.91. The first-order valence-corrected chi connectivity index (χ1v) is 13.1. The van der Waals surface area contributed by atoms with E-state index in [1.807, 2.05) is 0 Å². The quantitative estimate of drug-likeness (QED) is 0.335. The van der Waals surface area contributed by atoms with Gasteiger partial charge < -0.3 is 16.8 Å². The molecular formula is C29H59O2Y-. The van der Waals surface area contributed by atoms with Crippen molar-refractivity contribution in [2.24, 2.45) is 52.3 Å². The van der Waals surface area contributed by atoms with E-state index in [9.17, 15) is 5.11 Å². The second-order valence-electron chi connectivity index (χ2n) is 13.4. The van der Waals surface area contributed by atoms with Crippen molar-refractivity contribution in [2.75, 3.05) is 0 Å². The fourth-order valence-corrected chi connectivity index (χ4v) is 4.98. The number of rotatable bonds is 7. The van der Waals surface area contributed by atoms with Gasteiger partial charge in [-0.2, -0.15) is 5.92 Å². The van der Waals surface area contributed by atoms with Crippen molar-refractivity contribution in [1.29, 1.82) is 0 Å². The Morgan fingerprint density at radius 1 is 0.844 bits per heavy atom. The predicted octanol–water partition coefficient (Wildman–Crippen LogP) is 8.63. The molecule has 0 bridgehead atoms. The standard InChI is InChI=1S/C16H33.C13H26O2.Y/c1-9-10-12(2)14(4)15(5)13(3)11-16(6,7)8;1-8-9(2)11(7-13(4,5)6)15-12(14)10(8)3;/h12-15H,3,9-11H2,1-2,4-8H3;8-12,14H,7H2,1-6H3;/q-1;;/t12?,13?,14-,15-;8-,9-,10?,11?,12-;/m10./s1. The minimum Gasteiger partial charge on any atom is -0.368 e. The zero-order valence-corrected chi connectivity index (χ0v) is 27.0. The molecular weight excluding hydrogens is 469 g/mol. The van der Waals surface area contributed by atoms with Crippen LogP contribution in [0.25, 0.3) is 0 Å². The van der Waals surface area contributed by atoms with Gasteiger partial charge in [0.2, 0.25) is 0 Å². The van der Waals surface area contributed by atoms with E-state index in [0.717, 1.165) is 24.2 Å². The molecule has 1 aliphatic heterocycles. The first-order chi connectivity index (χ1) is 13.9. The summed E-state index contributed by atoms with van der Waals surface area (Å²) in [5, 5.41) is 9.81. The Kier molecular flexibility index (Phi) is 16.7. The average Bonchev–Trinajstić information content (AvgIpc) is 2.61. The summed E-state index contributed by atoms with van der Waals surface area (Å²) in [6, 6.07) is 0. The van der Waals surface area contributed by atoms with Crippen molar-refractivity contribution in [3.63, 3.8) is 0 Å². The largest absolute Gasteiger partial charge is 0.368 e. The van der Waals surface area contributed by atoms with E-state index in [2.05, 4.69) is 96.9 Å². The topological polar surface area (TPSA) is 29.5 Å². The molecule has 1 saturated heterocycles. The van der Waals surface area contributed by atoms with Crippen LogP contribution < -0.4 is 0 Å². The fourth-order valence-electron chi connectivity index (χ4n) is 4.98. The van der Waals surface area contributed by atoms with Crippen molar-refractivity contribution >= 4 is 0 Å². The second-order valence-corrected chi connectivity index (χ2v) is 13.4. The van der Waals surface area contributed by atoms with Crippen molar-refractivity contribution in [3.05, 3.63) is 6.92 Å². The van der Waals surface area contributed by atoms with Crippen LogP contribution in [0, 0.1) is 59.2 Å². The van der Waals surface area contributed by atoms with Crippen LogP contribution in [-0.2, 0) is 37.4 Å². The predicted molar refractivity (Wildman–Crippen MR) is 138 cm³/mol. The van der Waals surface area contributed by atoms with E-state index in [4.69, 9.17) is 4.74 Å². The maximum atomic E-state index is 9.81. The zero-order valence-electron chi connectivity index (χ0n) is 24.2. The molecule has 3 heteroatoms. The van der Waals surface area contributed by atoms with Crippen LogP contribution in [0.1, 0.15) is 116 Å². The molecule has 1 N–H and O–H groups in total. The number of hydrogen-bond acceptors (Lipinski definition) is 2. The van der Waals surface area contributed by atoms with Crippen molar-refractivity contribution in [1.82, 2.24) is 0 Å². The normalized spacial score (nSPS) is 30.3. The van der Waals surface area contributed by atoms with E-state index in [1.165, 1.54) is 19.3 Å². The van der Waals surface area contributed by atoms with E-state index in [-0.39, 0.29) is 50.1 Å². The molecule has 0 spiro atoms. The van der Waals surface area contributed by atoms with Crippen molar-refractivity contribution in [3.8, 4) is 0 Å². The monoisotopic (exact) mass is 528 g/mol. The molecule has 191 valence electrons. The molecule has 0 aromatic rings. The van der Waals surface area contributed by atoms with Gasteiger partial charge in [0, 0.05) is 38.6 Å². The average molecular weight is 529 g/mol. The third-order valence-electron chi connectivity index (χ3n) is 7.91. The van der Waals surface area contributed by atoms with Crippen LogP contribution in [0.4, 0.5) is 0 Å². The molecule has 2 nitrogen and oxygen atoms in total.